The SMILES string of the molecule is Cc1c(N)cccc1NC1(C)CCCCC1. The molecular weight excluding hydrogens is 196 g/mol. The summed E-state index contributed by atoms with van der Waals surface area (Å²) in [7, 11) is 0. The van der Waals surface area contributed by atoms with Crippen LogP contribution in [0.4, 0.5) is 11.4 Å². The van der Waals surface area contributed by atoms with Crippen LogP contribution in [0.1, 0.15) is 44.6 Å². The minimum absolute atomic E-state index is 0.261. The van der Waals surface area contributed by atoms with Crippen molar-refractivity contribution in [1.82, 2.24) is 0 Å². The number of rotatable bonds is 2. The number of nitrogen functional groups attached to an aromatic ring is 1. The molecule has 0 saturated heterocycles. The van der Waals surface area contributed by atoms with Crippen LogP contribution in [0.25, 0.3) is 0 Å². The van der Waals surface area contributed by atoms with Crippen molar-refractivity contribution in [2.75, 3.05) is 11.1 Å². The molecule has 1 aromatic rings. The van der Waals surface area contributed by atoms with E-state index in [0.717, 1.165) is 5.69 Å². The van der Waals surface area contributed by atoms with Gasteiger partial charge in [-0.15, -0.1) is 0 Å². The molecule has 0 spiro atoms. The van der Waals surface area contributed by atoms with Gasteiger partial charge in [0.05, 0.1) is 0 Å². The minimum atomic E-state index is 0.261. The topological polar surface area (TPSA) is 38.0 Å². The molecule has 1 aliphatic rings. The quantitative estimate of drug-likeness (QED) is 0.743. The first-order valence-electron chi connectivity index (χ1n) is 6.24. The van der Waals surface area contributed by atoms with Gasteiger partial charge in [-0.2, -0.15) is 0 Å². The molecule has 0 bridgehead atoms. The Morgan fingerprint density at radius 1 is 1.19 bits per heavy atom. The summed E-state index contributed by atoms with van der Waals surface area (Å²) in [6, 6.07) is 6.12. The molecule has 1 aromatic carbocycles. The van der Waals surface area contributed by atoms with Gasteiger partial charge in [0.25, 0.3) is 0 Å². The van der Waals surface area contributed by atoms with Crippen molar-refractivity contribution < 1.29 is 0 Å². The smallest absolute Gasteiger partial charge is 0.0394 e. The summed E-state index contributed by atoms with van der Waals surface area (Å²) in [5, 5.41) is 3.69. The van der Waals surface area contributed by atoms with Gasteiger partial charge in [-0.3, -0.25) is 0 Å². The van der Waals surface area contributed by atoms with Crippen molar-refractivity contribution in [3.05, 3.63) is 23.8 Å². The van der Waals surface area contributed by atoms with Crippen LogP contribution < -0.4 is 11.1 Å². The third-order valence-electron chi connectivity index (χ3n) is 3.77. The highest BCUT2D eigenvalue weighted by atomic mass is 15.0. The fourth-order valence-corrected chi connectivity index (χ4v) is 2.57. The summed E-state index contributed by atoms with van der Waals surface area (Å²) in [5.41, 5.74) is 9.44. The Bertz CT molecular complexity index is 365. The summed E-state index contributed by atoms with van der Waals surface area (Å²) in [5.74, 6) is 0. The number of nitrogens with two attached hydrogens (primary N) is 1. The molecule has 1 fully saturated rings. The molecule has 2 heteroatoms. The number of anilines is 2. The standard InChI is InChI=1S/C14H22N2/c1-11-12(15)7-6-8-13(11)16-14(2)9-4-3-5-10-14/h6-8,16H,3-5,9-10,15H2,1-2H3. The Kier molecular flexibility index (Phi) is 3.08. The Morgan fingerprint density at radius 2 is 1.88 bits per heavy atom. The maximum Gasteiger partial charge on any atom is 0.0394 e. The van der Waals surface area contributed by atoms with E-state index in [1.54, 1.807) is 0 Å². The van der Waals surface area contributed by atoms with Crippen LogP contribution in [0, 0.1) is 6.92 Å². The lowest BCUT2D eigenvalue weighted by Crippen LogP contribution is -2.37. The van der Waals surface area contributed by atoms with Crippen molar-refractivity contribution in [3.8, 4) is 0 Å². The fraction of sp³-hybridized carbons (Fsp3) is 0.571. The average molecular weight is 218 g/mol. The lowest BCUT2D eigenvalue weighted by Gasteiger charge is -2.36. The zero-order chi connectivity index (χ0) is 11.6. The molecule has 0 unspecified atom stereocenters. The molecule has 0 aliphatic heterocycles. The van der Waals surface area contributed by atoms with E-state index in [2.05, 4.69) is 25.2 Å². The molecule has 0 radical (unpaired) electrons. The van der Waals surface area contributed by atoms with Crippen molar-refractivity contribution in [2.24, 2.45) is 0 Å². The van der Waals surface area contributed by atoms with Crippen molar-refractivity contribution in [3.63, 3.8) is 0 Å². The molecule has 88 valence electrons. The molecule has 0 amide bonds. The Balaban J connectivity index is 2.16. The van der Waals surface area contributed by atoms with Crippen LogP contribution in [0.15, 0.2) is 18.2 Å². The molecule has 1 aliphatic carbocycles. The summed E-state index contributed by atoms with van der Waals surface area (Å²) >= 11 is 0. The number of hydrogen-bond donors (Lipinski definition) is 2. The maximum absolute atomic E-state index is 5.93. The van der Waals surface area contributed by atoms with Gasteiger partial charge in [0, 0.05) is 16.9 Å². The van der Waals surface area contributed by atoms with E-state index in [-0.39, 0.29) is 5.54 Å². The van der Waals surface area contributed by atoms with Crippen LogP contribution in [0.5, 0.6) is 0 Å². The fourth-order valence-electron chi connectivity index (χ4n) is 2.57. The van der Waals surface area contributed by atoms with Gasteiger partial charge in [-0.25, -0.2) is 0 Å². The average Bonchev–Trinajstić information content (AvgIpc) is 2.26. The van der Waals surface area contributed by atoms with Gasteiger partial charge in [0.2, 0.25) is 0 Å². The third kappa shape index (κ3) is 2.31. The third-order valence-corrected chi connectivity index (χ3v) is 3.77. The van der Waals surface area contributed by atoms with Gasteiger partial charge >= 0.3 is 0 Å². The van der Waals surface area contributed by atoms with E-state index < -0.39 is 0 Å². The lowest BCUT2D eigenvalue weighted by molar-refractivity contribution is 0.349. The number of benzene rings is 1. The summed E-state index contributed by atoms with van der Waals surface area (Å²) in [6.45, 7) is 4.42. The highest BCUT2D eigenvalue weighted by molar-refractivity contribution is 5.63. The first kappa shape index (κ1) is 11.3. The molecule has 0 heterocycles. The van der Waals surface area contributed by atoms with Crippen molar-refractivity contribution in [1.29, 1.82) is 0 Å². The van der Waals surface area contributed by atoms with Gasteiger partial charge in [-0.05, 0) is 44.4 Å². The van der Waals surface area contributed by atoms with E-state index in [0.29, 0.717) is 0 Å². The molecule has 3 N–H and O–H groups in total. The molecule has 0 atom stereocenters. The summed E-state index contributed by atoms with van der Waals surface area (Å²) < 4.78 is 0. The lowest BCUT2D eigenvalue weighted by atomic mass is 9.83. The second-order valence-corrected chi connectivity index (χ2v) is 5.27. The van der Waals surface area contributed by atoms with E-state index in [9.17, 15) is 0 Å². The Hall–Kier alpha value is -1.18. The van der Waals surface area contributed by atoms with Crippen molar-refractivity contribution >= 4 is 11.4 Å². The normalized spacial score (nSPS) is 19.4. The second-order valence-electron chi connectivity index (χ2n) is 5.27. The van der Waals surface area contributed by atoms with Crippen LogP contribution in [-0.4, -0.2) is 5.54 Å². The monoisotopic (exact) mass is 218 g/mol. The van der Waals surface area contributed by atoms with Crippen LogP contribution in [0.2, 0.25) is 0 Å². The summed E-state index contributed by atoms with van der Waals surface area (Å²) in [4.78, 5) is 0. The predicted octanol–water partition coefficient (Wildman–Crippen LogP) is 3.71. The number of nitrogens with one attached hydrogen (secondary N) is 1. The molecule has 2 nitrogen and oxygen atoms in total. The van der Waals surface area contributed by atoms with E-state index >= 15 is 0 Å². The van der Waals surface area contributed by atoms with Gasteiger partial charge in [0.1, 0.15) is 0 Å². The zero-order valence-corrected chi connectivity index (χ0v) is 10.3. The van der Waals surface area contributed by atoms with Crippen LogP contribution in [-0.2, 0) is 0 Å². The molecule has 1 saturated carbocycles. The largest absolute Gasteiger partial charge is 0.398 e. The highest BCUT2D eigenvalue weighted by Crippen LogP contribution is 2.33. The first-order valence-corrected chi connectivity index (χ1v) is 6.24. The van der Waals surface area contributed by atoms with E-state index in [4.69, 9.17) is 5.73 Å². The highest BCUT2D eigenvalue weighted by Gasteiger charge is 2.26. The van der Waals surface area contributed by atoms with Crippen LogP contribution in [0.3, 0.4) is 0 Å². The first-order chi connectivity index (χ1) is 7.61. The zero-order valence-electron chi connectivity index (χ0n) is 10.3. The predicted molar refractivity (Wildman–Crippen MR) is 70.7 cm³/mol. The van der Waals surface area contributed by atoms with E-state index in [1.807, 2.05) is 12.1 Å². The van der Waals surface area contributed by atoms with E-state index in [1.165, 1.54) is 43.4 Å². The Morgan fingerprint density at radius 3 is 2.56 bits per heavy atom. The van der Waals surface area contributed by atoms with Gasteiger partial charge in [0.15, 0.2) is 0 Å². The molecule has 2 rings (SSSR count). The summed E-state index contributed by atoms with van der Waals surface area (Å²) in [6.07, 6.45) is 6.59. The van der Waals surface area contributed by atoms with Gasteiger partial charge in [-0.1, -0.05) is 25.3 Å². The minimum Gasteiger partial charge on any atom is -0.398 e. The Labute approximate surface area is 98.2 Å². The molecule has 16 heavy (non-hydrogen) atoms. The molecular formula is C14H22N2. The maximum atomic E-state index is 5.93. The van der Waals surface area contributed by atoms with Crippen LogP contribution >= 0.6 is 0 Å². The molecule has 0 aromatic heterocycles. The number of hydrogen-bond acceptors (Lipinski definition) is 2. The van der Waals surface area contributed by atoms with Gasteiger partial charge < -0.3 is 11.1 Å². The van der Waals surface area contributed by atoms with Crippen molar-refractivity contribution in [2.45, 2.75) is 51.5 Å². The second kappa shape index (κ2) is 4.36.